The van der Waals surface area contributed by atoms with Gasteiger partial charge in [0.25, 0.3) is 0 Å². The molecule has 0 N–H and O–H groups in total. The molecule has 3 heteroatoms. The van der Waals surface area contributed by atoms with Crippen LogP contribution in [0.15, 0.2) is 30.3 Å². The summed E-state index contributed by atoms with van der Waals surface area (Å²) in [6, 6.07) is 9.60. The molecular weight excluding hydrogens is 169 g/mol. The Morgan fingerprint density at radius 1 is 1.42 bits per heavy atom. The van der Waals surface area contributed by atoms with E-state index in [0.717, 1.165) is 5.69 Å². The third-order valence-electron chi connectivity index (χ3n) is 1.69. The minimum atomic E-state index is 0.103. The highest BCUT2D eigenvalue weighted by Gasteiger charge is 2.06. The number of anilines is 1. The van der Waals surface area contributed by atoms with Crippen molar-refractivity contribution in [3.05, 3.63) is 30.3 Å². The van der Waals surface area contributed by atoms with E-state index in [0.29, 0.717) is 6.16 Å². The minimum Gasteiger partial charge on any atom is -0.315 e. The smallest absolute Gasteiger partial charge is 0.230 e. The number of amides is 1. The van der Waals surface area contributed by atoms with Crippen molar-refractivity contribution in [1.29, 1.82) is 0 Å². The average molecular weight is 181 g/mol. The quantitative estimate of drug-likeness (QED) is 0.633. The van der Waals surface area contributed by atoms with Gasteiger partial charge in [-0.2, -0.15) is 0 Å². The molecule has 0 fully saturated rings. The molecule has 12 heavy (non-hydrogen) atoms. The number of hydrogen-bond acceptors (Lipinski definition) is 1. The summed E-state index contributed by atoms with van der Waals surface area (Å²) >= 11 is 0. The van der Waals surface area contributed by atoms with Crippen LogP contribution in [0.3, 0.4) is 0 Å². The Bertz CT molecular complexity index is 260. The second-order valence-corrected chi connectivity index (χ2v) is 2.90. The molecule has 1 aromatic rings. The molecular formula is C9H12NOP. The molecule has 0 aliphatic rings. The van der Waals surface area contributed by atoms with Crippen molar-refractivity contribution < 1.29 is 4.79 Å². The average Bonchev–Trinajstić information content (AvgIpc) is 2.17. The third kappa shape index (κ3) is 2.05. The monoisotopic (exact) mass is 181 g/mol. The first-order chi connectivity index (χ1) is 5.75. The van der Waals surface area contributed by atoms with E-state index in [-0.39, 0.29) is 5.91 Å². The van der Waals surface area contributed by atoms with Gasteiger partial charge in [0.2, 0.25) is 5.91 Å². The highest BCUT2D eigenvalue weighted by molar-refractivity contribution is 7.18. The molecule has 0 aliphatic heterocycles. The number of benzene rings is 1. The van der Waals surface area contributed by atoms with E-state index in [4.69, 9.17) is 0 Å². The molecule has 0 spiro atoms. The van der Waals surface area contributed by atoms with Gasteiger partial charge in [0.05, 0.1) is 0 Å². The lowest BCUT2D eigenvalue weighted by Gasteiger charge is -2.15. The number of carbonyl (C=O) groups is 1. The fourth-order valence-corrected chi connectivity index (χ4v) is 1.21. The maximum atomic E-state index is 11.2. The maximum Gasteiger partial charge on any atom is 0.230 e. The largest absolute Gasteiger partial charge is 0.315 e. The van der Waals surface area contributed by atoms with Crippen LogP contribution in [0.5, 0.6) is 0 Å². The van der Waals surface area contributed by atoms with Crippen molar-refractivity contribution in [2.24, 2.45) is 0 Å². The van der Waals surface area contributed by atoms with E-state index in [2.05, 4.69) is 9.24 Å². The van der Waals surface area contributed by atoms with Gasteiger partial charge < -0.3 is 4.90 Å². The fraction of sp³-hybridized carbons (Fsp3) is 0.222. The van der Waals surface area contributed by atoms with E-state index < -0.39 is 0 Å². The molecule has 1 unspecified atom stereocenters. The Hall–Kier alpha value is -0.880. The van der Waals surface area contributed by atoms with Crippen LogP contribution in [-0.4, -0.2) is 19.1 Å². The second kappa shape index (κ2) is 4.22. The van der Waals surface area contributed by atoms with Gasteiger partial charge in [-0.25, -0.2) is 0 Å². The zero-order valence-corrected chi connectivity index (χ0v) is 8.18. The van der Waals surface area contributed by atoms with Gasteiger partial charge in [0.1, 0.15) is 0 Å². The molecule has 0 aliphatic carbocycles. The highest BCUT2D eigenvalue weighted by atomic mass is 31.0. The van der Waals surface area contributed by atoms with E-state index in [9.17, 15) is 4.79 Å². The predicted octanol–water partition coefficient (Wildman–Crippen LogP) is 1.52. The summed E-state index contributed by atoms with van der Waals surface area (Å²) in [4.78, 5) is 12.9. The maximum absolute atomic E-state index is 11.2. The summed E-state index contributed by atoms with van der Waals surface area (Å²) in [6.07, 6.45) is 0.464. The van der Waals surface area contributed by atoms with Crippen LogP contribution in [0, 0.1) is 0 Å². The summed E-state index contributed by atoms with van der Waals surface area (Å²) in [6.45, 7) is 0. The molecule has 0 heterocycles. The summed E-state index contributed by atoms with van der Waals surface area (Å²) < 4.78 is 0. The zero-order valence-electron chi connectivity index (χ0n) is 7.03. The van der Waals surface area contributed by atoms with Crippen molar-refractivity contribution >= 4 is 20.8 Å². The van der Waals surface area contributed by atoms with E-state index in [1.165, 1.54) is 0 Å². The number of hydrogen-bond donors (Lipinski definition) is 0. The summed E-state index contributed by atoms with van der Waals surface area (Å²) in [5.74, 6) is 0.103. The fourth-order valence-electron chi connectivity index (χ4n) is 0.933. The molecule has 1 rings (SSSR count). The van der Waals surface area contributed by atoms with Crippen molar-refractivity contribution in [2.45, 2.75) is 0 Å². The van der Waals surface area contributed by atoms with Gasteiger partial charge in [-0.3, -0.25) is 4.79 Å². The van der Waals surface area contributed by atoms with Gasteiger partial charge in [-0.1, -0.05) is 18.2 Å². The molecule has 1 atom stereocenters. The Morgan fingerprint density at radius 2 is 2.00 bits per heavy atom. The highest BCUT2D eigenvalue weighted by Crippen LogP contribution is 2.11. The van der Waals surface area contributed by atoms with Crippen LogP contribution in [-0.2, 0) is 4.79 Å². The summed E-state index contributed by atoms with van der Waals surface area (Å²) in [5.41, 5.74) is 0.935. The molecule has 0 bridgehead atoms. The number of carbonyl (C=O) groups excluding carboxylic acids is 1. The van der Waals surface area contributed by atoms with Crippen molar-refractivity contribution in [1.82, 2.24) is 0 Å². The van der Waals surface area contributed by atoms with E-state index >= 15 is 0 Å². The molecule has 0 saturated carbocycles. The molecule has 64 valence electrons. The normalized spacial score (nSPS) is 9.50. The van der Waals surface area contributed by atoms with Gasteiger partial charge in [-0.15, -0.1) is 9.24 Å². The molecule has 1 amide bonds. The minimum absolute atomic E-state index is 0.103. The van der Waals surface area contributed by atoms with Crippen LogP contribution in [0.25, 0.3) is 0 Å². The van der Waals surface area contributed by atoms with Gasteiger partial charge in [0.15, 0.2) is 0 Å². The van der Waals surface area contributed by atoms with Gasteiger partial charge in [0, 0.05) is 18.9 Å². The number of nitrogens with zero attached hydrogens (tertiary/aromatic N) is 1. The first-order valence-electron chi connectivity index (χ1n) is 3.77. The first-order valence-corrected chi connectivity index (χ1v) is 4.59. The molecule has 2 nitrogen and oxygen atoms in total. The second-order valence-electron chi connectivity index (χ2n) is 2.49. The van der Waals surface area contributed by atoms with Gasteiger partial charge >= 0.3 is 0 Å². The molecule has 1 aromatic carbocycles. The van der Waals surface area contributed by atoms with Crippen LogP contribution in [0.4, 0.5) is 5.69 Å². The predicted molar refractivity (Wildman–Crippen MR) is 54.4 cm³/mol. The van der Waals surface area contributed by atoms with Crippen LogP contribution < -0.4 is 4.90 Å². The lowest BCUT2D eigenvalue weighted by Crippen LogP contribution is -2.26. The SMILES string of the molecule is CN(C(=O)CP)c1ccccc1. The van der Waals surface area contributed by atoms with Gasteiger partial charge in [-0.05, 0) is 12.1 Å². The van der Waals surface area contributed by atoms with Crippen LogP contribution in [0.1, 0.15) is 0 Å². The Labute approximate surface area is 74.8 Å². The van der Waals surface area contributed by atoms with E-state index in [1.807, 2.05) is 30.3 Å². The Morgan fingerprint density at radius 3 is 2.50 bits per heavy atom. The number of rotatable bonds is 2. The standard InChI is InChI=1S/C9H12NOP/c1-10(9(11)7-12)8-5-3-2-4-6-8/h2-6H,7,12H2,1H3. The topological polar surface area (TPSA) is 20.3 Å². The zero-order chi connectivity index (χ0) is 8.97. The van der Waals surface area contributed by atoms with Crippen LogP contribution >= 0.6 is 9.24 Å². The van der Waals surface area contributed by atoms with Crippen molar-refractivity contribution in [2.75, 3.05) is 18.1 Å². The third-order valence-corrected chi connectivity index (χ3v) is 2.04. The Kier molecular flexibility index (Phi) is 3.24. The lowest BCUT2D eigenvalue weighted by molar-refractivity contribution is -0.115. The molecule has 0 radical (unpaired) electrons. The molecule has 0 saturated heterocycles. The number of para-hydroxylation sites is 1. The summed E-state index contributed by atoms with van der Waals surface area (Å²) in [7, 11) is 4.20. The molecule has 0 aromatic heterocycles. The van der Waals surface area contributed by atoms with Crippen molar-refractivity contribution in [3.8, 4) is 0 Å². The van der Waals surface area contributed by atoms with Crippen LogP contribution in [0.2, 0.25) is 0 Å². The van der Waals surface area contributed by atoms with E-state index in [1.54, 1.807) is 11.9 Å². The van der Waals surface area contributed by atoms with Crippen molar-refractivity contribution in [3.63, 3.8) is 0 Å². The Balaban J connectivity index is 2.78. The summed E-state index contributed by atoms with van der Waals surface area (Å²) in [5, 5.41) is 0. The first kappa shape index (κ1) is 9.21. The lowest BCUT2D eigenvalue weighted by atomic mass is 10.3.